The predicted octanol–water partition coefficient (Wildman–Crippen LogP) is 3.48. The van der Waals surface area contributed by atoms with E-state index in [2.05, 4.69) is 15.6 Å². The van der Waals surface area contributed by atoms with E-state index in [1.165, 1.54) is 30.3 Å². The Morgan fingerprint density at radius 2 is 1.76 bits per heavy atom. The molecule has 0 saturated heterocycles. The number of rotatable bonds is 8. The van der Waals surface area contributed by atoms with Gasteiger partial charge in [0.05, 0.1) is 15.2 Å². The minimum absolute atomic E-state index is 0.111. The topological polar surface area (TPSA) is 168 Å². The van der Waals surface area contributed by atoms with Crippen molar-refractivity contribution < 1.29 is 13.2 Å². The number of nitrogens with one attached hydrogen (secondary N) is 4. The average Bonchev–Trinajstić information content (AvgIpc) is 3.40. The Morgan fingerprint density at radius 1 is 1.02 bits per heavy atom. The Morgan fingerprint density at radius 3 is 2.45 bits per heavy atom. The van der Waals surface area contributed by atoms with Crippen LogP contribution >= 0.6 is 22.9 Å². The molecule has 0 spiro atoms. The molecular formula is C27H23BClN6O5S2. The van der Waals surface area contributed by atoms with Gasteiger partial charge in [-0.05, 0) is 66.2 Å². The van der Waals surface area contributed by atoms with Crippen molar-refractivity contribution in [3.8, 4) is 5.69 Å². The van der Waals surface area contributed by atoms with Gasteiger partial charge in [0.1, 0.15) is 4.21 Å². The zero-order valence-corrected chi connectivity index (χ0v) is 24.4. The van der Waals surface area contributed by atoms with E-state index in [4.69, 9.17) is 17.3 Å². The molecule has 6 N–H and O–H groups in total. The molecule has 15 heteroatoms. The van der Waals surface area contributed by atoms with Crippen LogP contribution in [0.15, 0.2) is 86.6 Å². The fourth-order valence-electron chi connectivity index (χ4n) is 4.22. The van der Waals surface area contributed by atoms with Gasteiger partial charge in [-0.15, -0.1) is 11.3 Å². The zero-order valence-electron chi connectivity index (χ0n) is 22.0. The van der Waals surface area contributed by atoms with Gasteiger partial charge in [0.15, 0.2) is 7.28 Å². The van der Waals surface area contributed by atoms with Gasteiger partial charge >= 0.3 is 11.7 Å². The monoisotopic (exact) mass is 621 g/mol. The summed E-state index contributed by atoms with van der Waals surface area (Å²) in [6.45, 7) is 2.22. The number of amides is 2. The number of hydrogen-bond acceptors (Lipinski definition) is 8. The van der Waals surface area contributed by atoms with Crippen molar-refractivity contribution in [1.82, 2.24) is 14.3 Å². The third-order valence-electron chi connectivity index (χ3n) is 6.25. The van der Waals surface area contributed by atoms with Crippen molar-refractivity contribution in [2.75, 3.05) is 16.4 Å². The van der Waals surface area contributed by atoms with Crippen LogP contribution in [0, 0.1) is 0 Å². The van der Waals surface area contributed by atoms with Crippen molar-refractivity contribution in [1.29, 1.82) is 0 Å². The number of hydrogen-bond donors (Lipinski definition) is 5. The number of sulfonamides is 1. The lowest BCUT2D eigenvalue weighted by Crippen LogP contribution is -2.38. The number of nitrogen functional groups attached to an aromatic ring is 1. The van der Waals surface area contributed by atoms with Gasteiger partial charge in [0.25, 0.3) is 15.6 Å². The highest BCUT2D eigenvalue weighted by atomic mass is 35.5. The number of benzene rings is 3. The van der Waals surface area contributed by atoms with Crippen LogP contribution < -0.4 is 37.8 Å². The number of fused-ring (bicyclic) bond motifs is 1. The molecule has 0 saturated carbocycles. The van der Waals surface area contributed by atoms with Crippen LogP contribution in [0.4, 0.5) is 21.9 Å². The molecule has 11 nitrogen and oxygen atoms in total. The second kappa shape index (κ2) is 11.8. The van der Waals surface area contributed by atoms with Gasteiger partial charge in [-0.3, -0.25) is 4.79 Å². The molecule has 0 aliphatic carbocycles. The largest absolute Gasteiger partial charge is 0.399 e. The van der Waals surface area contributed by atoms with Crippen molar-refractivity contribution in [2.24, 2.45) is 0 Å². The molecule has 5 rings (SSSR count). The maximum absolute atomic E-state index is 13.4. The molecule has 0 unspecified atom stereocenters. The van der Waals surface area contributed by atoms with E-state index in [1.54, 1.807) is 32.3 Å². The first-order chi connectivity index (χ1) is 20.0. The maximum Gasteiger partial charge on any atom is 0.333 e. The SMILES string of the molecule is C[B]c1cc(NC(=O)NS(=O)(=O)c2ccc(Cl)s2)ccc1-n1c(=O)[nH]c2cc(NCc3ccc(N)cc3)ccc2c1=O. The molecule has 3 aromatic carbocycles. The molecule has 5 aromatic rings. The number of anilines is 3. The lowest BCUT2D eigenvalue weighted by atomic mass is 9.72. The zero-order chi connectivity index (χ0) is 30.0. The third-order valence-corrected chi connectivity index (χ3v) is 9.31. The highest BCUT2D eigenvalue weighted by Gasteiger charge is 2.20. The van der Waals surface area contributed by atoms with Gasteiger partial charge in [-0.1, -0.05) is 36.0 Å². The average molecular weight is 622 g/mol. The second-order valence-electron chi connectivity index (χ2n) is 9.11. The van der Waals surface area contributed by atoms with Crippen LogP contribution in [0.3, 0.4) is 0 Å². The molecule has 42 heavy (non-hydrogen) atoms. The van der Waals surface area contributed by atoms with Crippen LogP contribution in [-0.2, 0) is 16.6 Å². The van der Waals surface area contributed by atoms with E-state index in [1.807, 2.05) is 29.0 Å². The number of aromatic amines is 1. The Bertz CT molecular complexity index is 2040. The van der Waals surface area contributed by atoms with Gasteiger partial charge in [-0.25, -0.2) is 27.3 Å². The molecule has 0 aliphatic rings. The minimum atomic E-state index is -4.12. The minimum Gasteiger partial charge on any atom is -0.399 e. The summed E-state index contributed by atoms with van der Waals surface area (Å²) < 4.78 is 27.9. The molecule has 0 fully saturated rings. The van der Waals surface area contributed by atoms with Crippen LogP contribution in [0.2, 0.25) is 11.2 Å². The number of nitrogens with two attached hydrogens (primary N) is 1. The van der Waals surface area contributed by atoms with E-state index in [-0.39, 0.29) is 19.9 Å². The lowest BCUT2D eigenvalue weighted by molar-refractivity contribution is 0.256. The Balaban J connectivity index is 1.38. The van der Waals surface area contributed by atoms with Crippen LogP contribution in [0.25, 0.3) is 16.6 Å². The standard InChI is InChI=1S/C27H23BClN6O5S2/c1-28-20-12-18(32-26(37)34-42(39,40)24-11-10-23(29)41-24)7-9-22(20)35-25(36)19-8-6-17(13-21(19)33-27(35)38)31-14-15-2-4-16(30)5-3-15/h2-13,31H,14,30H2,1H3,(H,33,38)(H2,32,34,37). The summed E-state index contributed by atoms with van der Waals surface area (Å²) >= 11 is 6.61. The first kappa shape index (κ1) is 29.0. The molecule has 213 valence electrons. The summed E-state index contributed by atoms with van der Waals surface area (Å²) in [7, 11) is -2.46. The Labute approximate surface area is 249 Å². The van der Waals surface area contributed by atoms with Crippen molar-refractivity contribution in [3.63, 3.8) is 0 Å². The van der Waals surface area contributed by atoms with E-state index in [0.717, 1.165) is 21.5 Å². The summed E-state index contributed by atoms with van der Waals surface area (Å²) in [5, 5.41) is 6.02. The number of urea groups is 1. The highest BCUT2D eigenvalue weighted by Crippen LogP contribution is 2.25. The Kier molecular flexibility index (Phi) is 8.12. The van der Waals surface area contributed by atoms with Gasteiger partial charge < -0.3 is 21.4 Å². The van der Waals surface area contributed by atoms with E-state index >= 15 is 0 Å². The number of halogens is 1. The van der Waals surface area contributed by atoms with Gasteiger partial charge in [0, 0.05) is 29.3 Å². The fraction of sp³-hybridized carbons (Fsp3) is 0.0741. The van der Waals surface area contributed by atoms with Crippen LogP contribution in [-0.4, -0.2) is 31.3 Å². The van der Waals surface area contributed by atoms with Crippen LogP contribution in [0.1, 0.15) is 5.56 Å². The maximum atomic E-state index is 13.4. The molecule has 0 atom stereocenters. The first-order valence-corrected chi connectivity index (χ1v) is 15.1. The van der Waals surface area contributed by atoms with Gasteiger partial charge in [0.2, 0.25) is 0 Å². The number of nitrogens with zero attached hydrogens (tertiary/aromatic N) is 1. The number of aromatic nitrogens is 2. The van der Waals surface area contributed by atoms with E-state index in [0.29, 0.717) is 34.3 Å². The molecular weight excluding hydrogens is 599 g/mol. The van der Waals surface area contributed by atoms with Crippen LogP contribution in [0.5, 0.6) is 0 Å². The smallest absolute Gasteiger partial charge is 0.333 e. The number of H-pyrrole nitrogens is 1. The molecule has 2 amide bonds. The summed E-state index contributed by atoms with van der Waals surface area (Å²) in [5.74, 6) is 0. The molecule has 1 radical (unpaired) electrons. The second-order valence-corrected chi connectivity index (χ2v) is 12.7. The third kappa shape index (κ3) is 6.20. The normalized spacial score (nSPS) is 11.3. The summed E-state index contributed by atoms with van der Waals surface area (Å²) in [5.41, 5.74) is 8.30. The number of carbonyl (C=O) groups excluding carboxylic acids is 1. The highest BCUT2D eigenvalue weighted by molar-refractivity contribution is 7.92. The molecule has 0 bridgehead atoms. The molecule has 2 heterocycles. The summed E-state index contributed by atoms with van der Waals surface area (Å²) in [4.78, 5) is 41.7. The lowest BCUT2D eigenvalue weighted by Gasteiger charge is -2.14. The van der Waals surface area contributed by atoms with Crippen molar-refractivity contribution >= 4 is 79.7 Å². The van der Waals surface area contributed by atoms with Crippen molar-refractivity contribution in [3.05, 3.63) is 104 Å². The molecule has 0 aliphatic heterocycles. The Hall–Kier alpha value is -4.53. The van der Waals surface area contributed by atoms with E-state index in [9.17, 15) is 22.8 Å². The van der Waals surface area contributed by atoms with E-state index < -0.39 is 27.3 Å². The number of carbonyl (C=O) groups is 1. The predicted molar refractivity (Wildman–Crippen MR) is 168 cm³/mol. The molecule has 2 aromatic heterocycles. The quantitative estimate of drug-likeness (QED) is 0.131. The number of thiophene rings is 1. The van der Waals surface area contributed by atoms with Gasteiger partial charge in [-0.2, -0.15) is 0 Å². The van der Waals surface area contributed by atoms with Crippen molar-refractivity contribution in [2.45, 2.75) is 17.6 Å². The summed E-state index contributed by atoms with van der Waals surface area (Å²) in [6.07, 6.45) is 0. The summed E-state index contributed by atoms with van der Waals surface area (Å²) in [6, 6.07) is 18.7. The fourth-order valence-corrected chi connectivity index (χ4v) is 6.61. The first-order valence-electron chi connectivity index (χ1n) is 12.4.